The van der Waals surface area contributed by atoms with Crippen molar-refractivity contribution in [1.82, 2.24) is 0 Å². The quantitative estimate of drug-likeness (QED) is 0.722. The highest BCUT2D eigenvalue weighted by atomic mass is 31.2. The molecule has 0 saturated heterocycles. The monoisotopic (exact) mass is 261 g/mol. The first-order valence-corrected chi connectivity index (χ1v) is 9.19. The van der Waals surface area contributed by atoms with E-state index in [2.05, 4.69) is 0 Å². The third-order valence-electron chi connectivity index (χ3n) is 4.27. The van der Waals surface area contributed by atoms with Crippen molar-refractivity contribution in [2.75, 3.05) is 12.3 Å². The second-order valence-corrected chi connectivity index (χ2v) is 9.10. The molecule has 1 rings (SSSR count). The van der Waals surface area contributed by atoms with Crippen molar-refractivity contribution < 1.29 is 9.67 Å². The van der Waals surface area contributed by atoms with Crippen molar-refractivity contribution in [3.05, 3.63) is 0 Å². The Morgan fingerprint density at radius 3 is 2.24 bits per heavy atom. The zero-order valence-corrected chi connectivity index (χ0v) is 12.2. The fraction of sp³-hybridized carbons (Fsp3) is 1.00. The molecule has 102 valence electrons. The van der Waals surface area contributed by atoms with Crippen LogP contribution in [0.5, 0.6) is 0 Å². The van der Waals surface area contributed by atoms with E-state index < -0.39 is 13.0 Å². The summed E-state index contributed by atoms with van der Waals surface area (Å²) in [5.41, 5.74) is 6.06. The minimum absolute atomic E-state index is 0.302. The van der Waals surface area contributed by atoms with E-state index in [-0.39, 0.29) is 6.04 Å². The van der Waals surface area contributed by atoms with E-state index in [1.165, 1.54) is 32.1 Å². The highest BCUT2D eigenvalue weighted by molar-refractivity contribution is 7.64. The van der Waals surface area contributed by atoms with Crippen molar-refractivity contribution >= 4 is 7.14 Å². The summed E-state index contributed by atoms with van der Waals surface area (Å²) in [6.07, 6.45) is 8.30. The maximum atomic E-state index is 12.4. The number of hydrogen-bond donors (Lipinski definition) is 2. The van der Waals surface area contributed by atoms with Crippen LogP contribution in [0.25, 0.3) is 0 Å². The molecule has 1 fully saturated rings. The highest BCUT2D eigenvalue weighted by Crippen LogP contribution is 2.50. The fourth-order valence-electron chi connectivity index (χ4n) is 2.88. The van der Waals surface area contributed by atoms with Crippen LogP contribution in [0.3, 0.4) is 0 Å². The molecule has 0 aromatic carbocycles. The zero-order chi connectivity index (χ0) is 12.9. The van der Waals surface area contributed by atoms with Gasteiger partial charge in [0.25, 0.3) is 0 Å². The molecule has 2 atom stereocenters. The van der Waals surface area contributed by atoms with Crippen LogP contribution in [0.4, 0.5) is 0 Å². The van der Waals surface area contributed by atoms with Gasteiger partial charge in [-0.2, -0.15) is 0 Å². The summed E-state index contributed by atoms with van der Waals surface area (Å²) >= 11 is 0. The van der Waals surface area contributed by atoms with Gasteiger partial charge in [-0.05, 0) is 12.3 Å². The average molecular weight is 261 g/mol. The molecule has 0 spiro atoms. The SMILES string of the molecule is CCP(=O)(CC)[C@H](O)[C@@H](N)CC1CCCCC1. The molecule has 4 heteroatoms. The number of rotatable bonds is 6. The van der Waals surface area contributed by atoms with E-state index in [1.54, 1.807) is 0 Å². The first-order valence-electron chi connectivity index (χ1n) is 7.05. The molecule has 0 unspecified atom stereocenters. The Kier molecular flexibility index (Phi) is 6.19. The zero-order valence-electron chi connectivity index (χ0n) is 11.3. The Morgan fingerprint density at radius 2 is 1.76 bits per heavy atom. The van der Waals surface area contributed by atoms with Crippen LogP contribution in [0.1, 0.15) is 52.4 Å². The van der Waals surface area contributed by atoms with Crippen molar-refractivity contribution in [1.29, 1.82) is 0 Å². The van der Waals surface area contributed by atoms with Crippen LogP contribution in [0.15, 0.2) is 0 Å². The third-order valence-corrected chi connectivity index (χ3v) is 7.75. The molecule has 1 aliphatic rings. The predicted octanol–water partition coefficient (Wildman–Crippen LogP) is 3.01. The molecule has 0 radical (unpaired) electrons. The number of aliphatic hydroxyl groups excluding tert-OH is 1. The van der Waals surface area contributed by atoms with Crippen molar-refractivity contribution in [3.63, 3.8) is 0 Å². The van der Waals surface area contributed by atoms with E-state index in [4.69, 9.17) is 5.73 Å². The van der Waals surface area contributed by atoms with Gasteiger partial charge in [0.05, 0.1) is 0 Å². The second-order valence-electron chi connectivity index (χ2n) is 5.40. The number of aliphatic hydroxyl groups is 1. The lowest BCUT2D eigenvalue weighted by atomic mass is 9.85. The van der Waals surface area contributed by atoms with Gasteiger partial charge < -0.3 is 15.4 Å². The van der Waals surface area contributed by atoms with E-state index >= 15 is 0 Å². The molecule has 3 N–H and O–H groups in total. The molecule has 0 aromatic heterocycles. The summed E-state index contributed by atoms with van der Waals surface area (Å²) in [6, 6.07) is -0.302. The fourth-order valence-corrected chi connectivity index (χ4v) is 4.89. The minimum atomic E-state index is -2.47. The molecular weight excluding hydrogens is 233 g/mol. The summed E-state index contributed by atoms with van der Waals surface area (Å²) in [4.78, 5) is 0. The first kappa shape index (κ1) is 15.2. The van der Waals surface area contributed by atoms with Crippen LogP contribution in [0, 0.1) is 5.92 Å². The van der Waals surface area contributed by atoms with Gasteiger partial charge in [0.2, 0.25) is 0 Å². The maximum absolute atomic E-state index is 12.4. The van der Waals surface area contributed by atoms with Crippen molar-refractivity contribution in [2.45, 2.75) is 64.3 Å². The molecule has 0 heterocycles. The first-order chi connectivity index (χ1) is 8.03. The molecular formula is C13H28NO2P. The molecule has 1 saturated carbocycles. The van der Waals surface area contributed by atoms with Crippen molar-refractivity contribution in [2.24, 2.45) is 11.7 Å². The van der Waals surface area contributed by atoms with Crippen LogP contribution in [0.2, 0.25) is 0 Å². The van der Waals surface area contributed by atoms with E-state index in [0.29, 0.717) is 18.2 Å². The van der Waals surface area contributed by atoms with E-state index in [0.717, 1.165) is 6.42 Å². The van der Waals surface area contributed by atoms with Gasteiger partial charge in [-0.1, -0.05) is 46.0 Å². The van der Waals surface area contributed by atoms with E-state index in [9.17, 15) is 9.67 Å². The summed E-state index contributed by atoms with van der Waals surface area (Å²) in [6.45, 7) is 3.78. The number of nitrogens with two attached hydrogens (primary N) is 1. The largest absolute Gasteiger partial charge is 0.384 e. The van der Waals surface area contributed by atoms with Gasteiger partial charge in [-0.15, -0.1) is 0 Å². The Hall–Kier alpha value is 0.150. The molecule has 0 amide bonds. The summed E-state index contributed by atoms with van der Waals surface area (Å²) in [5.74, 6) is -0.157. The van der Waals surface area contributed by atoms with Gasteiger partial charge in [-0.3, -0.25) is 0 Å². The second kappa shape index (κ2) is 6.92. The van der Waals surface area contributed by atoms with Gasteiger partial charge >= 0.3 is 0 Å². The van der Waals surface area contributed by atoms with Crippen LogP contribution in [-0.2, 0) is 4.57 Å². The van der Waals surface area contributed by atoms with Gasteiger partial charge in [0.15, 0.2) is 0 Å². The van der Waals surface area contributed by atoms with Crippen LogP contribution >= 0.6 is 7.14 Å². The molecule has 3 nitrogen and oxygen atoms in total. The molecule has 1 aliphatic carbocycles. The lowest BCUT2D eigenvalue weighted by Crippen LogP contribution is -2.37. The predicted molar refractivity (Wildman–Crippen MR) is 73.9 cm³/mol. The minimum Gasteiger partial charge on any atom is -0.384 e. The van der Waals surface area contributed by atoms with Crippen LogP contribution in [-0.4, -0.2) is 29.3 Å². The maximum Gasteiger partial charge on any atom is 0.122 e. The Morgan fingerprint density at radius 1 is 1.24 bits per heavy atom. The Labute approximate surface area is 106 Å². The molecule has 17 heavy (non-hydrogen) atoms. The number of hydrogen-bond acceptors (Lipinski definition) is 3. The standard InChI is InChI=1S/C13H28NO2P/c1-3-17(16,4-2)13(15)12(14)10-11-8-6-5-7-9-11/h11-13,15H,3-10,14H2,1-2H3/t12-,13-/m0/s1. The summed E-state index contributed by atoms with van der Waals surface area (Å²) < 4.78 is 12.4. The lowest BCUT2D eigenvalue weighted by Gasteiger charge is -2.30. The van der Waals surface area contributed by atoms with Gasteiger partial charge in [0, 0.05) is 18.4 Å². The Bertz CT molecular complexity index is 256. The van der Waals surface area contributed by atoms with Gasteiger partial charge in [0.1, 0.15) is 13.0 Å². The average Bonchev–Trinajstić information content (AvgIpc) is 2.38. The molecule has 0 aromatic rings. The lowest BCUT2D eigenvalue weighted by molar-refractivity contribution is 0.188. The van der Waals surface area contributed by atoms with Gasteiger partial charge in [-0.25, -0.2) is 0 Å². The summed E-state index contributed by atoms with van der Waals surface area (Å²) in [7, 11) is -2.47. The highest BCUT2D eigenvalue weighted by Gasteiger charge is 2.33. The summed E-state index contributed by atoms with van der Waals surface area (Å²) in [5, 5.41) is 10.2. The third kappa shape index (κ3) is 4.08. The van der Waals surface area contributed by atoms with E-state index in [1.807, 2.05) is 13.8 Å². The molecule has 0 bridgehead atoms. The smallest absolute Gasteiger partial charge is 0.122 e. The topological polar surface area (TPSA) is 63.3 Å². The normalized spacial score (nSPS) is 22.4. The molecule has 0 aliphatic heterocycles. The Balaban J connectivity index is 2.50. The van der Waals surface area contributed by atoms with Crippen LogP contribution < -0.4 is 5.73 Å². The van der Waals surface area contributed by atoms with Crippen molar-refractivity contribution in [3.8, 4) is 0 Å².